The van der Waals surface area contributed by atoms with Gasteiger partial charge < -0.3 is 0 Å². The summed E-state index contributed by atoms with van der Waals surface area (Å²) in [6.45, 7) is 11.4. The predicted molar refractivity (Wildman–Crippen MR) is 91.9 cm³/mol. The van der Waals surface area contributed by atoms with Gasteiger partial charge in [-0.1, -0.05) is 118 Å². The van der Waals surface area contributed by atoms with Crippen LogP contribution in [0.5, 0.6) is 0 Å². The van der Waals surface area contributed by atoms with Crippen LogP contribution in [0.15, 0.2) is 0 Å². The van der Waals surface area contributed by atoms with Gasteiger partial charge in [0, 0.05) is 0 Å². The van der Waals surface area contributed by atoms with Crippen LogP contribution in [-0.4, -0.2) is 0 Å². The highest BCUT2D eigenvalue weighted by atomic mass is 14.0. The molecule has 19 heavy (non-hydrogen) atoms. The van der Waals surface area contributed by atoms with Gasteiger partial charge in [-0.05, 0) is 5.92 Å². The average Bonchev–Trinajstić information content (AvgIpc) is 2.39. The maximum atomic E-state index is 2.31. The van der Waals surface area contributed by atoms with Crippen LogP contribution in [0.25, 0.3) is 0 Å². The average molecular weight is 271 g/mol. The first kappa shape index (κ1) is 21.3. The van der Waals surface area contributed by atoms with Gasteiger partial charge in [0.25, 0.3) is 0 Å². The molecule has 0 amide bonds. The number of rotatable bonds is 12. The van der Waals surface area contributed by atoms with Crippen LogP contribution in [0.4, 0.5) is 0 Å². The van der Waals surface area contributed by atoms with Crippen LogP contribution in [0.2, 0.25) is 0 Å². The van der Waals surface area contributed by atoms with Crippen molar-refractivity contribution in [1.29, 1.82) is 0 Å². The molecule has 0 N–H and O–H groups in total. The molecule has 0 aromatic carbocycles. The summed E-state index contributed by atoms with van der Waals surface area (Å²) in [6, 6.07) is 0. The molecule has 0 aliphatic rings. The van der Waals surface area contributed by atoms with Crippen molar-refractivity contribution in [2.45, 2.75) is 118 Å². The Morgan fingerprint density at radius 3 is 1.11 bits per heavy atom. The van der Waals surface area contributed by atoms with Gasteiger partial charge in [-0.3, -0.25) is 0 Å². The SMILES string of the molecule is CCCCCCCC(C)C.CCCCCCCCC. The fraction of sp³-hybridized carbons (Fsp3) is 1.00. The maximum Gasteiger partial charge on any atom is -0.0471 e. The molecule has 0 nitrogen and oxygen atoms in total. The van der Waals surface area contributed by atoms with Gasteiger partial charge >= 0.3 is 0 Å². The zero-order valence-electron chi connectivity index (χ0n) is 14.8. The second-order valence-electron chi connectivity index (χ2n) is 6.36. The van der Waals surface area contributed by atoms with Gasteiger partial charge in [0.1, 0.15) is 0 Å². The smallest absolute Gasteiger partial charge is 0.0471 e. The van der Waals surface area contributed by atoms with E-state index >= 15 is 0 Å². The van der Waals surface area contributed by atoms with E-state index in [4.69, 9.17) is 0 Å². The third-order valence-electron chi connectivity index (χ3n) is 3.59. The van der Waals surface area contributed by atoms with Gasteiger partial charge in [-0.25, -0.2) is 0 Å². The van der Waals surface area contributed by atoms with E-state index in [0.717, 1.165) is 5.92 Å². The lowest BCUT2D eigenvalue weighted by Gasteiger charge is -2.02. The summed E-state index contributed by atoms with van der Waals surface area (Å²) in [6.07, 6.45) is 18.5. The van der Waals surface area contributed by atoms with E-state index in [1.807, 2.05) is 0 Å². The highest BCUT2D eigenvalue weighted by molar-refractivity contribution is 4.47. The Morgan fingerprint density at radius 2 is 0.789 bits per heavy atom. The molecule has 0 unspecified atom stereocenters. The molecule has 0 spiro atoms. The van der Waals surface area contributed by atoms with Gasteiger partial charge in [0.05, 0.1) is 0 Å². The molecule has 0 aromatic heterocycles. The van der Waals surface area contributed by atoms with Crippen molar-refractivity contribution in [3.8, 4) is 0 Å². The Labute approximate surface area is 124 Å². The summed E-state index contributed by atoms with van der Waals surface area (Å²) >= 11 is 0. The van der Waals surface area contributed by atoms with E-state index < -0.39 is 0 Å². The minimum Gasteiger partial charge on any atom is -0.0654 e. The monoisotopic (exact) mass is 270 g/mol. The second-order valence-corrected chi connectivity index (χ2v) is 6.36. The first-order chi connectivity index (χ1) is 9.18. The molecule has 0 bridgehead atoms. The second kappa shape index (κ2) is 20.3. The van der Waals surface area contributed by atoms with Crippen LogP contribution in [0.1, 0.15) is 118 Å². The summed E-state index contributed by atoms with van der Waals surface area (Å²) in [5.74, 6) is 0.904. The molecular weight excluding hydrogens is 228 g/mol. The van der Waals surface area contributed by atoms with Gasteiger partial charge in [-0.15, -0.1) is 0 Å². The lowest BCUT2D eigenvalue weighted by molar-refractivity contribution is 0.518. The Hall–Kier alpha value is 0. The van der Waals surface area contributed by atoms with E-state index in [0.29, 0.717) is 0 Å². The molecule has 0 atom stereocenters. The minimum atomic E-state index is 0.904. The van der Waals surface area contributed by atoms with Crippen LogP contribution < -0.4 is 0 Å². The Morgan fingerprint density at radius 1 is 0.474 bits per heavy atom. The molecule has 0 aromatic rings. The number of unbranched alkanes of at least 4 members (excludes halogenated alkanes) is 10. The third-order valence-corrected chi connectivity index (χ3v) is 3.59. The molecule has 0 fully saturated rings. The van der Waals surface area contributed by atoms with Crippen molar-refractivity contribution in [3.63, 3.8) is 0 Å². The highest BCUT2D eigenvalue weighted by Crippen LogP contribution is 2.09. The predicted octanol–water partition coefficient (Wildman–Crippen LogP) is 7.76. The molecule has 0 radical (unpaired) electrons. The van der Waals surface area contributed by atoms with Crippen LogP contribution in [-0.2, 0) is 0 Å². The van der Waals surface area contributed by atoms with Crippen molar-refractivity contribution in [2.75, 3.05) is 0 Å². The molecule has 118 valence electrons. The van der Waals surface area contributed by atoms with E-state index in [2.05, 4.69) is 34.6 Å². The third kappa shape index (κ3) is 27.3. The highest BCUT2D eigenvalue weighted by Gasteiger charge is 1.92. The summed E-state index contributed by atoms with van der Waals surface area (Å²) in [5, 5.41) is 0. The molecule has 0 aliphatic heterocycles. The van der Waals surface area contributed by atoms with Gasteiger partial charge in [-0.2, -0.15) is 0 Å². The standard InChI is InChI=1S/C10H22.C9H20/c1-4-5-6-7-8-9-10(2)3;1-3-5-7-9-8-6-4-2/h10H,4-9H2,1-3H3;3-9H2,1-2H3. The number of hydrogen-bond acceptors (Lipinski definition) is 0. The van der Waals surface area contributed by atoms with Crippen molar-refractivity contribution < 1.29 is 0 Å². The molecule has 0 aliphatic carbocycles. The van der Waals surface area contributed by atoms with Gasteiger partial charge in [0.15, 0.2) is 0 Å². The molecule has 0 saturated heterocycles. The molecule has 0 rings (SSSR count). The van der Waals surface area contributed by atoms with Gasteiger partial charge in [0.2, 0.25) is 0 Å². The quantitative estimate of drug-likeness (QED) is 0.318. The Bertz CT molecular complexity index is 120. The zero-order valence-corrected chi connectivity index (χ0v) is 14.8. The summed E-state index contributed by atoms with van der Waals surface area (Å²) in [4.78, 5) is 0. The Balaban J connectivity index is 0. The van der Waals surface area contributed by atoms with Crippen molar-refractivity contribution in [2.24, 2.45) is 5.92 Å². The molecule has 0 heteroatoms. The first-order valence-electron chi connectivity index (χ1n) is 9.18. The van der Waals surface area contributed by atoms with Crippen LogP contribution in [0.3, 0.4) is 0 Å². The number of hydrogen-bond donors (Lipinski definition) is 0. The maximum absolute atomic E-state index is 2.31. The summed E-state index contributed by atoms with van der Waals surface area (Å²) < 4.78 is 0. The normalized spacial score (nSPS) is 10.4. The zero-order chi connectivity index (χ0) is 14.8. The van der Waals surface area contributed by atoms with E-state index in [1.54, 1.807) is 0 Å². The fourth-order valence-electron chi connectivity index (χ4n) is 2.19. The lowest BCUT2D eigenvalue weighted by atomic mass is 10.0. The fourth-order valence-corrected chi connectivity index (χ4v) is 2.19. The van der Waals surface area contributed by atoms with E-state index in [1.165, 1.54) is 83.5 Å². The van der Waals surface area contributed by atoms with E-state index in [9.17, 15) is 0 Å². The van der Waals surface area contributed by atoms with Crippen molar-refractivity contribution in [3.05, 3.63) is 0 Å². The lowest BCUT2D eigenvalue weighted by Crippen LogP contribution is -1.86. The Kier molecular flexibility index (Phi) is 22.8. The van der Waals surface area contributed by atoms with Crippen molar-refractivity contribution >= 4 is 0 Å². The molecule has 0 saturated carbocycles. The largest absolute Gasteiger partial charge is 0.0654 e. The molecule has 0 heterocycles. The summed E-state index contributed by atoms with van der Waals surface area (Å²) in [7, 11) is 0. The molecular formula is C19H42. The summed E-state index contributed by atoms with van der Waals surface area (Å²) in [5.41, 5.74) is 0. The first-order valence-corrected chi connectivity index (χ1v) is 9.18. The van der Waals surface area contributed by atoms with Crippen LogP contribution in [0, 0.1) is 5.92 Å². The van der Waals surface area contributed by atoms with E-state index in [-0.39, 0.29) is 0 Å². The minimum absolute atomic E-state index is 0.904. The van der Waals surface area contributed by atoms with Crippen molar-refractivity contribution in [1.82, 2.24) is 0 Å². The topological polar surface area (TPSA) is 0 Å². The van der Waals surface area contributed by atoms with Crippen LogP contribution >= 0.6 is 0 Å².